The van der Waals surface area contributed by atoms with Gasteiger partial charge in [-0.3, -0.25) is 10.1 Å². The number of rotatable bonds is 7. The van der Waals surface area contributed by atoms with E-state index in [2.05, 4.69) is 0 Å². The van der Waals surface area contributed by atoms with Gasteiger partial charge >= 0.3 is 0 Å². The van der Waals surface area contributed by atoms with Crippen LogP contribution in [-0.4, -0.2) is 22.2 Å². The summed E-state index contributed by atoms with van der Waals surface area (Å²) < 4.78 is 10.8. The van der Waals surface area contributed by atoms with E-state index < -0.39 is 4.92 Å². The number of nitrogens with zero attached hydrogens (tertiary/aromatic N) is 1. The van der Waals surface area contributed by atoms with Gasteiger partial charge in [-0.15, -0.1) is 0 Å². The van der Waals surface area contributed by atoms with Gasteiger partial charge in [-0.2, -0.15) is 0 Å². The van der Waals surface area contributed by atoms with E-state index in [0.29, 0.717) is 11.1 Å². The first-order valence-electron chi connectivity index (χ1n) is 6.53. The number of phenolic OH excluding ortho intramolecular Hbond substituents is 1. The molecule has 0 amide bonds. The fourth-order valence-electron chi connectivity index (χ4n) is 1.58. The molecule has 1 aromatic rings. The van der Waals surface area contributed by atoms with E-state index in [1.807, 2.05) is 27.7 Å². The Bertz CT molecular complexity index is 438. The fourth-order valence-corrected chi connectivity index (χ4v) is 1.58. The van der Waals surface area contributed by atoms with Crippen LogP contribution in [0.3, 0.4) is 0 Å². The highest BCUT2D eigenvalue weighted by Crippen LogP contribution is 2.30. The minimum absolute atomic E-state index is 0.00287. The normalized spacial score (nSPS) is 11.3. The number of benzene rings is 1. The third-order valence-electron chi connectivity index (χ3n) is 2.61. The van der Waals surface area contributed by atoms with Crippen molar-refractivity contribution in [3.63, 3.8) is 0 Å². The first-order chi connectivity index (χ1) is 9.31. The second-order valence-corrected chi connectivity index (χ2v) is 5.09. The van der Waals surface area contributed by atoms with Crippen molar-refractivity contribution in [1.29, 1.82) is 0 Å². The van der Waals surface area contributed by atoms with E-state index in [9.17, 15) is 15.2 Å². The van der Waals surface area contributed by atoms with Crippen molar-refractivity contribution < 1.29 is 19.5 Å². The molecule has 0 aliphatic carbocycles. The first-order valence-corrected chi connectivity index (χ1v) is 6.53. The molecule has 1 rings (SSSR count). The molecule has 0 aliphatic heterocycles. The molecule has 1 N–H and O–H groups in total. The molecule has 0 aliphatic rings. The number of non-ortho nitro benzene ring substituents is 1. The van der Waals surface area contributed by atoms with Crippen LogP contribution in [0.5, 0.6) is 5.75 Å². The zero-order valence-corrected chi connectivity index (χ0v) is 12.3. The van der Waals surface area contributed by atoms with Gasteiger partial charge in [-0.25, -0.2) is 0 Å². The highest BCUT2D eigenvalue weighted by Gasteiger charge is 2.17. The van der Waals surface area contributed by atoms with Crippen molar-refractivity contribution >= 4 is 5.69 Å². The molecular weight excluding hydrogens is 262 g/mol. The number of hydrogen-bond acceptors (Lipinski definition) is 5. The summed E-state index contributed by atoms with van der Waals surface area (Å²) in [6, 6.07) is 2.66. The molecule has 0 aromatic heterocycles. The van der Waals surface area contributed by atoms with Gasteiger partial charge in [-0.05, 0) is 27.7 Å². The number of hydrogen-bond donors (Lipinski definition) is 1. The van der Waals surface area contributed by atoms with Crippen molar-refractivity contribution in [3.05, 3.63) is 33.4 Å². The molecule has 6 heteroatoms. The molecule has 20 heavy (non-hydrogen) atoms. The van der Waals surface area contributed by atoms with Crippen LogP contribution in [0.2, 0.25) is 0 Å². The summed E-state index contributed by atoms with van der Waals surface area (Å²) in [6.07, 6.45) is -0.0481. The quantitative estimate of drug-likeness (QED) is 0.614. The van der Waals surface area contributed by atoms with Gasteiger partial charge < -0.3 is 14.6 Å². The first kappa shape index (κ1) is 16.4. The van der Waals surface area contributed by atoms with Crippen LogP contribution < -0.4 is 0 Å². The van der Waals surface area contributed by atoms with Gasteiger partial charge in [0.2, 0.25) is 0 Å². The zero-order chi connectivity index (χ0) is 15.3. The van der Waals surface area contributed by atoms with Crippen LogP contribution in [0.15, 0.2) is 12.1 Å². The number of ether oxygens (including phenoxy) is 2. The molecule has 0 spiro atoms. The number of aromatic hydroxyl groups is 1. The maximum atomic E-state index is 10.9. The van der Waals surface area contributed by atoms with Crippen molar-refractivity contribution in [1.82, 2.24) is 0 Å². The molecule has 0 fully saturated rings. The van der Waals surface area contributed by atoms with Gasteiger partial charge in [0.1, 0.15) is 5.75 Å². The third-order valence-corrected chi connectivity index (χ3v) is 2.61. The maximum Gasteiger partial charge on any atom is 0.270 e. The molecule has 0 heterocycles. The molecule has 0 saturated carbocycles. The van der Waals surface area contributed by atoms with Crippen molar-refractivity contribution in [2.24, 2.45) is 0 Å². The number of phenols is 1. The summed E-state index contributed by atoms with van der Waals surface area (Å²) in [6.45, 7) is 7.68. The standard InChI is InChI=1S/C14H21NO5/c1-9(2)19-7-11-5-13(15(17)18)6-12(14(11)16)8-20-10(3)4/h5-6,9-10,16H,7-8H2,1-4H3. The molecule has 6 nitrogen and oxygen atoms in total. The SMILES string of the molecule is CC(C)OCc1cc([N+](=O)[O-])cc(COC(C)C)c1O. The topological polar surface area (TPSA) is 81.8 Å². The Kier molecular flexibility index (Phi) is 5.91. The number of nitro benzene ring substituents is 1. The van der Waals surface area contributed by atoms with Crippen molar-refractivity contribution in [3.8, 4) is 5.75 Å². The molecule has 1 aromatic carbocycles. The Morgan fingerprint density at radius 3 is 1.80 bits per heavy atom. The van der Waals surface area contributed by atoms with E-state index in [1.165, 1.54) is 12.1 Å². The average molecular weight is 283 g/mol. The molecule has 0 unspecified atom stereocenters. The fraction of sp³-hybridized carbons (Fsp3) is 0.571. The average Bonchev–Trinajstić information content (AvgIpc) is 2.35. The second kappa shape index (κ2) is 7.21. The van der Waals surface area contributed by atoms with E-state index in [4.69, 9.17) is 9.47 Å². The Hall–Kier alpha value is -1.66. The van der Waals surface area contributed by atoms with E-state index in [0.717, 1.165) is 0 Å². The summed E-state index contributed by atoms with van der Waals surface area (Å²) in [5.74, 6) is -0.00287. The third kappa shape index (κ3) is 4.79. The predicted molar refractivity (Wildman–Crippen MR) is 74.6 cm³/mol. The van der Waals surface area contributed by atoms with Crippen LogP contribution in [0.1, 0.15) is 38.8 Å². The highest BCUT2D eigenvalue weighted by atomic mass is 16.6. The lowest BCUT2D eigenvalue weighted by Crippen LogP contribution is -2.06. The summed E-state index contributed by atoms with van der Waals surface area (Å²) in [7, 11) is 0. The van der Waals surface area contributed by atoms with Crippen LogP contribution in [0, 0.1) is 10.1 Å². The second-order valence-electron chi connectivity index (χ2n) is 5.09. The minimum atomic E-state index is -0.489. The summed E-state index contributed by atoms with van der Waals surface area (Å²) in [5.41, 5.74) is 0.720. The van der Waals surface area contributed by atoms with Crippen molar-refractivity contribution in [2.75, 3.05) is 0 Å². The summed E-state index contributed by atoms with van der Waals surface area (Å²) in [5, 5.41) is 21.1. The van der Waals surface area contributed by atoms with Gasteiger partial charge in [0.15, 0.2) is 0 Å². The summed E-state index contributed by atoms with van der Waals surface area (Å²) >= 11 is 0. The van der Waals surface area contributed by atoms with E-state index >= 15 is 0 Å². The highest BCUT2D eigenvalue weighted by molar-refractivity contribution is 5.49. The zero-order valence-electron chi connectivity index (χ0n) is 12.3. The Morgan fingerprint density at radius 1 is 1.10 bits per heavy atom. The summed E-state index contributed by atoms with van der Waals surface area (Å²) in [4.78, 5) is 10.4. The smallest absolute Gasteiger partial charge is 0.270 e. The van der Waals surface area contributed by atoms with Crippen LogP contribution in [0.4, 0.5) is 5.69 Å². The van der Waals surface area contributed by atoms with Crippen LogP contribution >= 0.6 is 0 Å². The number of nitro groups is 1. The molecule has 0 radical (unpaired) electrons. The predicted octanol–water partition coefficient (Wildman–Crippen LogP) is 3.15. The Labute approximate surface area is 118 Å². The van der Waals surface area contributed by atoms with Gasteiger partial charge in [0.25, 0.3) is 5.69 Å². The van der Waals surface area contributed by atoms with Gasteiger partial charge in [0, 0.05) is 23.3 Å². The van der Waals surface area contributed by atoms with E-state index in [-0.39, 0.29) is 36.9 Å². The largest absolute Gasteiger partial charge is 0.507 e. The van der Waals surface area contributed by atoms with Crippen LogP contribution in [0.25, 0.3) is 0 Å². The molecule has 0 bridgehead atoms. The lowest BCUT2D eigenvalue weighted by molar-refractivity contribution is -0.385. The molecule has 0 atom stereocenters. The van der Waals surface area contributed by atoms with E-state index in [1.54, 1.807) is 0 Å². The van der Waals surface area contributed by atoms with Crippen LogP contribution in [-0.2, 0) is 22.7 Å². The van der Waals surface area contributed by atoms with Gasteiger partial charge in [-0.1, -0.05) is 0 Å². The molecule has 112 valence electrons. The minimum Gasteiger partial charge on any atom is -0.507 e. The maximum absolute atomic E-state index is 10.9. The Morgan fingerprint density at radius 2 is 1.50 bits per heavy atom. The van der Waals surface area contributed by atoms with Crippen molar-refractivity contribution in [2.45, 2.75) is 53.1 Å². The Balaban J connectivity index is 3.05. The lowest BCUT2D eigenvalue weighted by atomic mass is 10.1. The lowest BCUT2D eigenvalue weighted by Gasteiger charge is -2.13. The van der Waals surface area contributed by atoms with Gasteiger partial charge in [0.05, 0.1) is 30.3 Å². The molecule has 0 saturated heterocycles. The monoisotopic (exact) mass is 283 g/mol. The molecular formula is C14H21NO5.